The van der Waals surface area contributed by atoms with Crippen molar-refractivity contribution < 1.29 is 33.1 Å². The summed E-state index contributed by atoms with van der Waals surface area (Å²) < 4.78 is 24.6. The van der Waals surface area contributed by atoms with E-state index < -0.39 is 30.0 Å². The molecule has 13 heteroatoms. The summed E-state index contributed by atoms with van der Waals surface area (Å²) in [4.78, 5) is 42.2. The normalized spacial score (nSPS) is 17.3. The number of aromatic nitrogens is 1. The Morgan fingerprint density at radius 1 is 1.14 bits per heavy atom. The predicted molar refractivity (Wildman–Crippen MR) is 154 cm³/mol. The van der Waals surface area contributed by atoms with Crippen molar-refractivity contribution in [1.29, 1.82) is 0 Å². The van der Waals surface area contributed by atoms with Crippen molar-refractivity contribution >= 4 is 35.0 Å². The molecule has 1 aliphatic heterocycles. The van der Waals surface area contributed by atoms with Crippen LogP contribution >= 0.6 is 0 Å². The Hall–Kier alpha value is -4.65. The molecule has 5 amide bonds. The van der Waals surface area contributed by atoms with Gasteiger partial charge in [-0.2, -0.15) is 0 Å². The summed E-state index contributed by atoms with van der Waals surface area (Å²) in [5.41, 5.74) is 1.95. The summed E-state index contributed by atoms with van der Waals surface area (Å²) in [6.45, 7) is 7.19. The van der Waals surface area contributed by atoms with Crippen LogP contribution in [0.15, 0.2) is 47.0 Å². The van der Waals surface area contributed by atoms with Gasteiger partial charge >= 0.3 is 12.1 Å². The number of aryl methyl sites for hydroxylation is 2. The number of nitrogens with one attached hydrogen (secondary N) is 3. The minimum absolute atomic E-state index is 0.170. The van der Waals surface area contributed by atoms with Crippen LogP contribution < -0.4 is 20.7 Å². The lowest BCUT2D eigenvalue weighted by Gasteiger charge is -2.38. The highest BCUT2D eigenvalue weighted by atomic mass is 19.1. The second-order valence-electron chi connectivity index (χ2n) is 10.4. The Morgan fingerprint density at radius 3 is 2.48 bits per heavy atom. The van der Waals surface area contributed by atoms with Crippen molar-refractivity contribution in [3.8, 4) is 5.75 Å². The fourth-order valence-corrected chi connectivity index (χ4v) is 4.56. The molecule has 3 atom stereocenters. The maximum Gasteiger partial charge on any atom is 0.323 e. The fraction of sp³-hybridized carbons (Fsp3) is 0.379. The molecular weight excluding hydrogens is 547 g/mol. The Labute approximate surface area is 242 Å². The highest BCUT2D eigenvalue weighted by Gasteiger charge is 2.34. The van der Waals surface area contributed by atoms with Crippen LogP contribution in [0.25, 0.3) is 0 Å². The SMILES string of the molecule is Cc1noc(C)c1NC(=O)Nc1ccc2c(c1)C(=O)N([C@H](C)CO)C[C@@H](C)[C@@H](CN(C)C(=O)Nc1ccc(F)cc1)O2. The molecule has 0 saturated carbocycles. The zero-order chi connectivity index (χ0) is 30.6. The lowest BCUT2D eigenvalue weighted by Crippen LogP contribution is -2.50. The zero-order valence-corrected chi connectivity index (χ0v) is 24.1. The van der Waals surface area contributed by atoms with E-state index in [-0.39, 0.29) is 42.8 Å². The lowest BCUT2D eigenvalue weighted by molar-refractivity contribution is 0.0371. The van der Waals surface area contributed by atoms with Crippen molar-refractivity contribution in [2.24, 2.45) is 5.92 Å². The average molecular weight is 583 g/mol. The molecule has 3 aromatic rings. The molecule has 224 valence electrons. The molecule has 1 aliphatic rings. The van der Waals surface area contributed by atoms with E-state index in [4.69, 9.17) is 9.26 Å². The number of halogens is 1. The number of fused-ring (bicyclic) bond motifs is 1. The molecule has 4 rings (SSSR count). The van der Waals surface area contributed by atoms with Crippen LogP contribution in [0.3, 0.4) is 0 Å². The summed E-state index contributed by atoms with van der Waals surface area (Å²) in [7, 11) is 1.61. The topological polar surface area (TPSA) is 149 Å². The van der Waals surface area contributed by atoms with Gasteiger partial charge in [-0.25, -0.2) is 14.0 Å². The van der Waals surface area contributed by atoms with E-state index in [0.29, 0.717) is 28.5 Å². The number of carbonyl (C=O) groups excluding carboxylic acids is 3. The van der Waals surface area contributed by atoms with Gasteiger partial charge in [-0.05, 0) is 63.2 Å². The van der Waals surface area contributed by atoms with Gasteiger partial charge in [0.25, 0.3) is 5.91 Å². The van der Waals surface area contributed by atoms with Crippen LogP contribution in [0.4, 0.5) is 31.0 Å². The third kappa shape index (κ3) is 6.97. The summed E-state index contributed by atoms with van der Waals surface area (Å²) in [5.74, 6) is -0.275. The molecule has 2 heterocycles. The zero-order valence-electron chi connectivity index (χ0n) is 24.1. The fourth-order valence-electron chi connectivity index (χ4n) is 4.56. The molecule has 0 bridgehead atoms. The average Bonchev–Trinajstić information content (AvgIpc) is 3.27. The van der Waals surface area contributed by atoms with Gasteiger partial charge in [0, 0.05) is 30.9 Å². The van der Waals surface area contributed by atoms with E-state index in [9.17, 15) is 23.9 Å². The van der Waals surface area contributed by atoms with Crippen LogP contribution in [-0.2, 0) is 0 Å². The lowest BCUT2D eigenvalue weighted by atomic mass is 9.99. The number of rotatable bonds is 7. The first-order valence-electron chi connectivity index (χ1n) is 13.5. The van der Waals surface area contributed by atoms with Gasteiger partial charge in [-0.3, -0.25) is 4.79 Å². The number of urea groups is 2. The number of aliphatic hydroxyl groups excluding tert-OH is 1. The van der Waals surface area contributed by atoms with Gasteiger partial charge in [0.15, 0.2) is 5.76 Å². The van der Waals surface area contributed by atoms with Crippen LogP contribution in [0.2, 0.25) is 0 Å². The molecular formula is C29H35FN6O6. The molecule has 0 unspecified atom stereocenters. The van der Waals surface area contributed by atoms with E-state index in [1.165, 1.54) is 35.2 Å². The van der Waals surface area contributed by atoms with Crippen molar-refractivity contribution in [1.82, 2.24) is 15.0 Å². The first-order valence-corrected chi connectivity index (χ1v) is 13.5. The van der Waals surface area contributed by atoms with Crippen molar-refractivity contribution in [3.63, 3.8) is 0 Å². The second-order valence-corrected chi connectivity index (χ2v) is 10.4. The third-order valence-electron chi connectivity index (χ3n) is 7.09. The van der Waals surface area contributed by atoms with Crippen LogP contribution in [-0.4, -0.2) is 76.9 Å². The predicted octanol–water partition coefficient (Wildman–Crippen LogP) is 4.46. The number of hydrogen-bond donors (Lipinski definition) is 4. The molecule has 0 saturated heterocycles. The standard InChI is InChI=1S/C29H35FN6O6/c1-16-13-36(17(2)15-37)27(38)23-12-22(31-28(39)33-26-18(3)34-42-19(26)4)10-11-24(23)41-25(16)14-35(5)29(40)32-21-8-6-20(30)7-9-21/h6-12,16-17,25,37H,13-15H2,1-5H3,(H,32,40)(H2,31,33,39)/t16-,17-,25-/m1/s1. The molecule has 1 aromatic heterocycles. The number of likely N-dealkylation sites (N-methyl/N-ethyl adjacent to an activating group) is 1. The number of ether oxygens (including phenoxy) is 1. The maximum absolute atomic E-state index is 13.7. The van der Waals surface area contributed by atoms with Crippen LogP contribution in [0.5, 0.6) is 5.75 Å². The van der Waals surface area contributed by atoms with Gasteiger partial charge in [0.2, 0.25) is 0 Å². The highest BCUT2D eigenvalue weighted by molar-refractivity contribution is 6.03. The number of anilines is 3. The molecule has 4 N–H and O–H groups in total. The molecule has 12 nitrogen and oxygen atoms in total. The summed E-state index contributed by atoms with van der Waals surface area (Å²) in [6, 6.07) is 8.68. The number of hydrogen-bond acceptors (Lipinski definition) is 7. The first kappa shape index (κ1) is 30.3. The smallest absolute Gasteiger partial charge is 0.323 e. The molecule has 42 heavy (non-hydrogen) atoms. The van der Waals surface area contributed by atoms with Crippen LogP contribution in [0, 0.1) is 25.6 Å². The van der Waals surface area contributed by atoms with Crippen LogP contribution in [0.1, 0.15) is 35.7 Å². The Balaban J connectivity index is 1.55. The Morgan fingerprint density at radius 2 is 1.83 bits per heavy atom. The molecule has 0 spiro atoms. The maximum atomic E-state index is 13.7. The van der Waals surface area contributed by atoms with E-state index >= 15 is 0 Å². The summed E-state index contributed by atoms with van der Waals surface area (Å²) >= 11 is 0. The number of benzene rings is 2. The second kappa shape index (κ2) is 12.9. The van der Waals surface area contributed by atoms with Gasteiger partial charge in [-0.1, -0.05) is 12.1 Å². The number of carbonyl (C=O) groups is 3. The Bertz CT molecular complexity index is 1430. The quantitative estimate of drug-likeness (QED) is 0.321. The highest BCUT2D eigenvalue weighted by Crippen LogP contribution is 2.31. The van der Waals surface area contributed by atoms with E-state index in [1.807, 2.05) is 6.92 Å². The number of amides is 5. The van der Waals surface area contributed by atoms with Gasteiger partial charge < -0.3 is 40.1 Å². The van der Waals surface area contributed by atoms with Crippen molar-refractivity contribution in [3.05, 3.63) is 65.3 Å². The van der Waals surface area contributed by atoms with Crippen molar-refractivity contribution in [2.75, 3.05) is 42.7 Å². The van der Waals surface area contributed by atoms with E-state index in [2.05, 4.69) is 21.1 Å². The molecule has 2 aromatic carbocycles. The van der Waals surface area contributed by atoms with E-state index in [1.54, 1.807) is 44.9 Å². The van der Waals surface area contributed by atoms with Crippen molar-refractivity contribution in [2.45, 2.75) is 39.8 Å². The van der Waals surface area contributed by atoms with Gasteiger partial charge in [0.1, 0.15) is 29.1 Å². The Kier molecular flexibility index (Phi) is 9.31. The minimum atomic E-state index is -0.551. The summed E-state index contributed by atoms with van der Waals surface area (Å²) in [5, 5.41) is 21.8. The number of nitrogens with zero attached hydrogens (tertiary/aromatic N) is 3. The van der Waals surface area contributed by atoms with E-state index in [0.717, 1.165) is 0 Å². The molecule has 0 fully saturated rings. The summed E-state index contributed by atoms with van der Waals surface area (Å²) in [6.07, 6.45) is -0.532. The first-order chi connectivity index (χ1) is 20.0. The number of aliphatic hydroxyl groups is 1. The largest absolute Gasteiger partial charge is 0.487 e. The molecule has 0 aliphatic carbocycles. The third-order valence-corrected chi connectivity index (χ3v) is 7.09. The van der Waals surface area contributed by atoms with Gasteiger partial charge in [0.05, 0.1) is 24.8 Å². The molecule has 0 radical (unpaired) electrons. The minimum Gasteiger partial charge on any atom is -0.487 e. The van der Waals surface area contributed by atoms with Gasteiger partial charge in [-0.15, -0.1) is 0 Å². The monoisotopic (exact) mass is 582 g/mol.